The standard InChI is InChI=1S/Ce.4H2O4S/c;4*1-5(2,3)4/h;4*(H2,1,2,3,4)/q+3;;;;/p-8. The fourth-order valence-corrected chi connectivity index (χ4v) is 0. The van der Waals surface area contributed by atoms with Crippen LogP contribution in [0.1, 0.15) is 0 Å². The minimum Gasteiger partial charge on any atom is -0.759 e. The molecule has 0 aliphatic heterocycles. The summed E-state index contributed by atoms with van der Waals surface area (Å²) in [5, 5.41) is 0. The molecule has 0 spiro atoms. The predicted octanol–water partition coefficient (Wildman–Crippen LogP) is -5.35. The van der Waals surface area contributed by atoms with E-state index in [4.69, 9.17) is 70.1 Å². The maximum atomic E-state index is 8.52. The van der Waals surface area contributed by atoms with Crippen molar-refractivity contribution in [1.29, 1.82) is 0 Å². The largest absolute Gasteiger partial charge is 3.00 e. The molecule has 129 valence electrons. The van der Waals surface area contributed by atoms with Gasteiger partial charge in [0.2, 0.25) is 0 Å². The van der Waals surface area contributed by atoms with Crippen LogP contribution in [0, 0.1) is 41.7 Å². The van der Waals surface area contributed by atoms with Crippen molar-refractivity contribution in [2.75, 3.05) is 0 Å². The third-order valence-electron chi connectivity index (χ3n) is 0. The van der Waals surface area contributed by atoms with Gasteiger partial charge in [0.25, 0.3) is 0 Å². The van der Waals surface area contributed by atoms with E-state index in [-0.39, 0.29) is 41.7 Å². The first-order valence-corrected chi connectivity index (χ1v) is 8.00. The van der Waals surface area contributed by atoms with Gasteiger partial charge in [-0.1, -0.05) is 0 Å². The second kappa shape index (κ2) is 13.3. The van der Waals surface area contributed by atoms with Crippen LogP contribution >= 0.6 is 0 Å². The molecule has 16 nitrogen and oxygen atoms in total. The van der Waals surface area contributed by atoms with Crippen molar-refractivity contribution in [3.8, 4) is 0 Å². The van der Waals surface area contributed by atoms with Gasteiger partial charge in [-0.3, -0.25) is 33.7 Å². The van der Waals surface area contributed by atoms with Crippen molar-refractivity contribution in [3.05, 3.63) is 0 Å². The molecule has 0 aromatic rings. The molecule has 21 heavy (non-hydrogen) atoms. The Morgan fingerprint density at radius 2 is 0.333 bits per heavy atom. The quantitative estimate of drug-likeness (QED) is 0.211. The minimum atomic E-state index is -5.17. The van der Waals surface area contributed by atoms with Gasteiger partial charge in [-0.2, -0.15) is 0 Å². The molecule has 0 aliphatic rings. The van der Waals surface area contributed by atoms with Crippen LogP contribution in [-0.4, -0.2) is 70.1 Å². The van der Waals surface area contributed by atoms with Gasteiger partial charge < -0.3 is 36.4 Å². The first-order chi connectivity index (χ1) is 8.00. The zero-order chi connectivity index (χ0) is 18.0. The molecule has 0 saturated carbocycles. The maximum absolute atomic E-state index is 8.52. The zero-order valence-electron chi connectivity index (χ0n) is 8.66. The molecular formula is CeO16S4-5. The Kier molecular flexibility index (Phi) is 21.2. The van der Waals surface area contributed by atoms with Crippen molar-refractivity contribution in [2.45, 2.75) is 0 Å². The first kappa shape index (κ1) is 33.5. The van der Waals surface area contributed by atoms with Gasteiger partial charge in [-0.15, -0.1) is 0 Å². The monoisotopic (exact) mass is 524 g/mol. The Balaban J connectivity index is -0.0000000533. The van der Waals surface area contributed by atoms with Crippen LogP contribution < -0.4 is 0 Å². The number of hydrogen-bond donors (Lipinski definition) is 0. The van der Waals surface area contributed by atoms with E-state index in [0.29, 0.717) is 0 Å². The van der Waals surface area contributed by atoms with E-state index in [1.165, 1.54) is 0 Å². The van der Waals surface area contributed by atoms with E-state index < -0.39 is 41.6 Å². The van der Waals surface area contributed by atoms with Gasteiger partial charge in [-0.05, 0) is 0 Å². The summed E-state index contributed by atoms with van der Waals surface area (Å²) in [4.78, 5) is 0. The fraction of sp³-hybridized carbons (Fsp3) is 0. The molecule has 0 amide bonds. The topological polar surface area (TPSA) is 321 Å². The molecule has 0 aliphatic carbocycles. The van der Waals surface area contributed by atoms with Gasteiger partial charge in [0, 0.05) is 41.6 Å². The van der Waals surface area contributed by atoms with Crippen molar-refractivity contribution in [3.63, 3.8) is 0 Å². The number of rotatable bonds is 0. The molecular weight excluding hydrogens is 524 g/mol. The van der Waals surface area contributed by atoms with E-state index in [1.54, 1.807) is 0 Å². The average Bonchev–Trinajstić information content (AvgIpc) is 1.62. The van der Waals surface area contributed by atoms with E-state index >= 15 is 0 Å². The number of hydrogen-bond acceptors (Lipinski definition) is 16. The zero-order valence-corrected chi connectivity index (χ0v) is 15.1. The molecule has 0 aromatic heterocycles. The molecule has 21 heteroatoms. The summed E-state index contributed by atoms with van der Waals surface area (Å²) in [5.74, 6) is 0. The molecule has 0 N–H and O–H groups in total. The molecule has 0 rings (SSSR count). The molecule has 0 saturated heterocycles. The summed E-state index contributed by atoms with van der Waals surface area (Å²) in [6.45, 7) is 0. The molecule has 0 bridgehead atoms. The second-order valence-electron chi connectivity index (χ2n) is 1.63. The van der Waals surface area contributed by atoms with Crippen LogP contribution in [0.15, 0.2) is 0 Å². The Morgan fingerprint density at radius 1 is 0.333 bits per heavy atom. The van der Waals surface area contributed by atoms with Crippen LogP contribution in [0.5, 0.6) is 0 Å². The van der Waals surface area contributed by atoms with Gasteiger partial charge >= 0.3 is 41.7 Å². The Labute approximate surface area is 152 Å². The summed E-state index contributed by atoms with van der Waals surface area (Å²) in [6.07, 6.45) is 0. The summed E-state index contributed by atoms with van der Waals surface area (Å²) < 4.78 is 136. The molecule has 1 radical (unpaired) electrons. The van der Waals surface area contributed by atoms with E-state index in [0.717, 1.165) is 0 Å². The molecule has 0 fully saturated rings. The Morgan fingerprint density at radius 3 is 0.333 bits per heavy atom. The van der Waals surface area contributed by atoms with Crippen molar-refractivity contribution >= 4 is 41.6 Å². The average molecular weight is 524 g/mol. The van der Waals surface area contributed by atoms with Crippen LogP contribution in [0.2, 0.25) is 0 Å². The van der Waals surface area contributed by atoms with Crippen LogP contribution in [0.25, 0.3) is 0 Å². The first-order valence-electron chi connectivity index (χ1n) is 2.67. The van der Waals surface area contributed by atoms with Gasteiger partial charge in [0.15, 0.2) is 0 Å². The third-order valence-corrected chi connectivity index (χ3v) is 0. The summed E-state index contributed by atoms with van der Waals surface area (Å²) in [6, 6.07) is 0. The van der Waals surface area contributed by atoms with E-state index in [9.17, 15) is 0 Å². The van der Waals surface area contributed by atoms with Crippen molar-refractivity contribution in [2.24, 2.45) is 0 Å². The molecule has 0 unspecified atom stereocenters. The molecule has 0 heterocycles. The SMILES string of the molecule is O=S(=O)([O-])[O-].O=S(=O)([O-])[O-].O=S(=O)([O-])[O-].O=S(=O)([O-])[O-].[Ce+3]. The Hall–Kier alpha value is 0.857. The van der Waals surface area contributed by atoms with Gasteiger partial charge in [0.1, 0.15) is 0 Å². The van der Waals surface area contributed by atoms with Crippen LogP contribution in [0.3, 0.4) is 0 Å². The summed E-state index contributed by atoms with van der Waals surface area (Å²) in [7, 11) is -20.7. The smallest absolute Gasteiger partial charge is 0.759 e. The minimum absolute atomic E-state index is 0. The molecule has 0 aromatic carbocycles. The molecule has 0 atom stereocenters. The summed E-state index contributed by atoms with van der Waals surface area (Å²) in [5.41, 5.74) is 0. The van der Waals surface area contributed by atoms with Gasteiger partial charge in [0.05, 0.1) is 0 Å². The van der Waals surface area contributed by atoms with Crippen molar-refractivity contribution < 1.29 is 112 Å². The Bertz CT molecular complexity index is 473. The van der Waals surface area contributed by atoms with Gasteiger partial charge in [-0.25, -0.2) is 0 Å². The van der Waals surface area contributed by atoms with E-state index in [1.807, 2.05) is 0 Å². The predicted molar refractivity (Wildman–Crippen MR) is 41.9 cm³/mol. The third kappa shape index (κ3) is 10100. The van der Waals surface area contributed by atoms with Crippen molar-refractivity contribution in [1.82, 2.24) is 0 Å². The van der Waals surface area contributed by atoms with Crippen LogP contribution in [-0.2, 0) is 41.6 Å². The summed E-state index contributed by atoms with van der Waals surface area (Å²) >= 11 is 0. The maximum Gasteiger partial charge on any atom is 3.00 e. The second-order valence-corrected chi connectivity index (χ2v) is 4.90. The van der Waals surface area contributed by atoms with Crippen LogP contribution in [0.4, 0.5) is 0 Å². The van der Waals surface area contributed by atoms with E-state index in [2.05, 4.69) is 0 Å². The normalized spacial score (nSPS) is 11.0. The fourth-order valence-electron chi connectivity index (χ4n) is 0.